The van der Waals surface area contributed by atoms with Gasteiger partial charge in [-0.1, -0.05) is 0 Å². The molecule has 3 N–H and O–H groups in total. The number of ether oxygens (including phenoxy) is 3. The van der Waals surface area contributed by atoms with Crippen LogP contribution >= 0.6 is 0 Å². The van der Waals surface area contributed by atoms with Crippen molar-refractivity contribution in [3.05, 3.63) is 17.8 Å². The molecule has 1 heterocycles. The Morgan fingerprint density at radius 2 is 1.90 bits per heavy atom. The summed E-state index contributed by atoms with van der Waals surface area (Å²) >= 11 is 0. The van der Waals surface area contributed by atoms with Crippen molar-refractivity contribution in [2.45, 2.75) is 0 Å². The predicted octanol–water partition coefficient (Wildman–Crippen LogP) is 1.42. The van der Waals surface area contributed by atoms with E-state index in [2.05, 4.69) is 10.4 Å². The highest BCUT2D eigenvalue weighted by molar-refractivity contribution is 6.01. The maximum atomic E-state index is 9.12. The van der Waals surface area contributed by atoms with E-state index in [9.17, 15) is 0 Å². The number of hydrogen-bond acceptors (Lipinski definition) is 7. The van der Waals surface area contributed by atoms with Crippen molar-refractivity contribution in [2.75, 3.05) is 26.8 Å². The molecule has 0 radical (unpaired) electrons. The Hall–Kier alpha value is -2.72. The van der Waals surface area contributed by atoms with Crippen molar-refractivity contribution in [1.29, 1.82) is 5.26 Å². The van der Waals surface area contributed by atoms with Gasteiger partial charge < -0.3 is 19.6 Å². The fourth-order valence-corrected chi connectivity index (χ4v) is 2.05. The number of pyridine rings is 1. The molecular formula is C13H14N4O3. The van der Waals surface area contributed by atoms with Crippen LogP contribution in [-0.2, 0) is 0 Å². The quantitative estimate of drug-likeness (QED) is 0.642. The van der Waals surface area contributed by atoms with Gasteiger partial charge in [0.25, 0.3) is 0 Å². The highest BCUT2D eigenvalue weighted by Crippen LogP contribution is 2.45. The van der Waals surface area contributed by atoms with Gasteiger partial charge in [-0.25, -0.2) is 0 Å². The molecule has 7 nitrogen and oxygen atoms in total. The molecule has 0 saturated carbocycles. The lowest BCUT2D eigenvalue weighted by Crippen LogP contribution is -2.10. The van der Waals surface area contributed by atoms with Gasteiger partial charge in [-0.15, -0.1) is 0 Å². The van der Waals surface area contributed by atoms with Crippen LogP contribution in [0.1, 0.15) is 5.56 Å². The fraction of sp³-hybridized carbons (Fsp3) is 0.231. The minimum atomic E-state index is 0.311. The van der Waals surface area contributed by atoms with E-state index in [-0.39, 0.29) is 0 Å². The molecule has 20 heavy (non-hydrogen) atoms. The van der Waals surface area contributed by atoms with E-state index in [1.54, 1.807) is 6.07 Å². The Labute approximate surface area is 115 Å². The Bertz CT molecular complexity index is 694. The highest BCUT2D eigenvalue weighted by Gasteiger charge is 2.20. The summed E-state index contributed by atoms with van der Waals surface area (Å²) in [6, 6.07) is 3.72. The minimum Gasteiger partial charge on any atom is -0.493 e. The van der Waals surface area contributed by atoms with Gasteiger partial charge in [0.15, 0.2) is 11.5 Å². The lowest BCUT2D eigenvalue weighted by molar-refractivity contribution is 0.327. The number of hydrogen-bond donors (Lipinski definition) is 2. The molecule has 0 saturated heterocycles. The van der Waals surface area contributed by atoms with Crippen LogP contribution in [0.25, 0.3) is 10.9 Å². The Morgan fingerprint density at radius 1 is 1.20 bits per heavy atom. The normalized spacial score (nSPS) is 9.95. The summed E-state index contributed by atoms with van der Waals surface area (Å²) in [6.45, 7) is 0. The van der Waals surface area contributed by atoms with Crippen LogP contribution in [0, 0.1) is 11.3 Å². The molecule has 0 unspecified atom stereocenters. The molecule has 2 rings (SSSR count). The third-order valence-electron chi connectivity index (χ3n) is 2.93. The summed E-state index contributed by atoms with van der Waals surface area (Å²) in [7, 11) is 4.52. The number of hydrazine groups is 1. The monoisotopic (exact) mass is 274 g/mol. The number of nitrogens with two attached hydrogens (primary N) is 1. The van der Waals surface area contributed by atoms with E-state index in [1.807, 2.05) is 6.07 Å². The number of benzene rings is 1. The van der Waals surface area contributed by atoms with Gasteiger partial charge in [0, 0.05) is 12.3 Å². The second-order valence-electron chi connectivity index (χ2n) is 3.84. The predicted molar refractivity (Wildman–Crippen MR) is 73.9 cm³/mol. The highest BCUT2D eigenvalue weighted by atomic mass is 16.5. The Kier molecular flexibility index (Phi) is 3.77. The number of nitrogen functional groups attached to an aromatic ring is 1. The van der Waals surface area contributed by atoms with Crippen LogP contribution in [0.4, 0.5) is 5.69 Å². The lowest BCUT2D eigenvalue weighted by Gasteiger charge is -2.16. The molecule has 0 aliphatic rings. The SMILES string of the molecule is COc1cc2ncc(C#N)c(NN)c2c(OC)c1OC. The first-order valence-corrected chi connectivity index (χ1v) is 5.70. The zero-order valence-corrected chi connectivity index (χ0v) is 11.4. The van der Waals surface area contributed by atoms with Gasteiger partial charge in [-0.3, -0.25) is 10.8 Å². The number of anilines is 1. The van der Waals surface area contributed by atoms with E-state index in [0.717, 1.165) is 0 Å². The van der Waals surface area contributed by atoms with Crippen LogP contribution in [-0.4, -0.2) is 26.3 Å². The minimum absolute atomic E-state index is 0.311. The summed E-state index contributed by atoms with van der Waals surface area (Å²) in [5.41, 5.74) is 3.83. The number of nitrogens with zero attached hydrogens (tertiary/aromatic N) is 2. The second-order valence-corrected chi connectivity index (χ2v) is 3.84. The molecule has 1 aromatic heterocycles. The number of nitriles is 1. The fourth-order valence-electron chi connectivity index (χ4n) is 2.05. The number of rotatable bonds is 4. The number of aromatic nitrogens is 1. The van der Waals surface area contributed by atoms with Crippen molar-refractivity contribution in [3.8, 4) is 23.3 Å². The molecular weight excluding hydrogens is 260 g/mol. The molecule has 0 spiro atoms. The van der Waals surface area contributed by atoms with Crippen molar-refractivity contribution >= 4 is 16.6 Å². The topological polar surface area (TPSA) is 102 Å². The molecule has 0 atom stereocenters. The molecule has 7 heteroatoms. The summed E-state index contributed by atoms with van der Waals surface area (Å²) < 4.78 is 15.9. The van der Waals surface area contributed by atoms with Gasteiger partial charge >= 0.3 is 0 Å². The van der Waals surface area contributed by atoms with Gasteiger partial charge in [0.05, 0.1) is 43.5 Å². The van der Waals surface area contributed by atoms with Crippen LogP contribution in [0.2, 0.25) is 0 Å². The molecule has 0 aliphatic carbocycles. The van der Waals surface area contributed by atoms with Gasteiger partial charge in [-0.05, 0) is 0 Å². The number of methoxy groups -OCH3 is 3. The molecule has 0 fully saturated rings. The zero-order valence-electron chi connectivity index (χ0n) is 11.4. The molecule has 1 aromatic carbocycles. The maximum absolute atomic E-state index is 9.12. The first-order chi connectivity index (χ1) is 9.71. The average Bonchev–Trinajstić information content (AvgIpc) is 2.51. The summed E-state index contributed by atoms with van der Waals surface area (Å²) in [5, 5.41) is 9.68. The molecule has 0 aliphatic heterocycles. The van der Waals surface area contributed by atoms with Crippen molar-refractivity contribution in [2.24, 2.45) is 5.84 Å². The van der Waals surface area contributed by atoms with Crippen LogP contribution < -0.4 is 25.5 Å². The molecule has 2 aromatic rings. The number of nitrogens with one attached hydrogen (secondary N) is 1. The molecule has 104 valence electrons. The molecule has 0 amide bonds. The van der Waals surface area contributed by atoms with E-state index >= 15 is 0 Å². The first-order valence-electron chi connectivity index (χ1n) is 5.70. The first kappa shape index (κ1) is 13.7. The zero-order chi connectivity index (χ0) is 14.7. The Morgan fingerprint density at radius 3 is 2.40 bits per heavy atom. The summed E-state index contributed by atoms with van der Waals surface area (Å²) in [4.78, 5) is 4.22. The number of fused-ring (bicyclic) bond motifs is 1. The smallest absolute Gasteiger partial charge is 0.204 e. The van der Waals surface area contributed by atoms with Gasteiger partial charge in [0.1, 0.15) is 6.07 Å². The third kappa shape index (κ3) is 1.92. The standard InChI is InChI=1S/C13H14N4O3/c1-18-9-4-8-10(13(20-3)12(9)19-2)11(17-15)7(5-14)6-16-8/h4,6H,15H2,1-3H3,(H,16,17). The Balaban J connectivity index is 2.97. The van der Waals surface area contributed by atoms with Crippen LogP contribution in [0.3, 0.4) is 0 Å². The maximum Gasteiger partial charge on any atom is 0.204 e. The van der Waals surface area contributed by atoms with E-state index in [4.69, 9.17) is 25.3 Å². The van der Waals surface area contributed by atoms with Crippen molar-refractivity contribution in [1.82, 2.24) is 4.98 Å². The largest absolute Gasteiger partial charge is 0.493 e. The van der Waals surface area contributed by atoms with Crippen LogP contribution in [0.15, 0.2) is 12.3 Å². The third-order valence-corrected chi connectivity index (χ3v) is 2.93. The summed E-state index contributed by atoms with van der Waals surface area (Å²) in [6.07, 6.45) is 1.43. The lowest BCUT2D eigenvalue weighted by atomic mass is 10.1. The van der Waals surface area contributed by atoms with E-state index in [1.165, 1.54) is 27.5 Å². The summed E-state index contributed by atoms with van der Waals surface area (Å²) in [5.74, 6) is 6.82. The van der Waals surface area contributed by atoms with Crippen LogP contribution in [0.5, 0.6) is 17.2 Å². The second kappa shape index (κ2) is 5.50. The van der Waals surface area contributed by atoms with Gasteiger partial charge in [-0.2, -0.15) is 5.26 Å². The van der Waals surface area contributed by atoms with E-state index < -0.39 is 0 Å². The van der Waals surface area contributed by atoms with E-state index in [0.29, 0.717) is 39.4 Å². The molecule has 0 bridgehead atoms. The van der Waals surface area contributed by atoms with Gasteiger partial charge in [0.2, 0.25) is 5.75 Å². The van der Waals surface area contributed by atoms with Crippen molar-refractivity contribution < 1.29 is 14.2 Å². The average molecular weight is 274 g/mol. The van der Waals surface area contributed by atoms with Crippen molar-refractivity contribution in [3.63, 3.8) is 0 Å².